The second-order valence-corrected chi connectivity index (χ2v) is 4.92. The zero-order valence-electron chi connectivity index (χ0n) is 12.9. The predicted molar refractivity (Wildman–Crippen MR) is 78.4 cm³/mol. The Labute approximate surface area is 136 Å². The molecule has 0 aliphatic rings. The van der Waals surface area contributed by atoms with Crippen molar-refractivity contribution in [3.63, 3.8) is 0 Å². The van der Waals surface area contributed by atoms with E-state index in [4.69, 9.17) is 9.15 Å². The van der Waals surface area contributed by atoms with Crippen LogP contribution in [0.2, 0.25) is 0 Å². The minimum Gasteiger partial charge on any atom is -0.472 e. The Kier molecular flexibility index (Phi) is 5.86. The van der Waals surface area contributed by atoms with Crippen LogP contribution < -0.4 is 4.74 Å². The summed E-state index contributed by atoms with van der Waals surface area (Å²) in [7, 11) is 1.52. The first-order valence-electron chi connectivity index (χ1n) is 7.04. The number of furan rings is 1. The molecular formula is C16H16F3NO4. The standard InChI is InChI=1S/C16H16F3NO4/c1-22-9-7-20(10-12-6-8-23-11-12)15(21)13-2-4-14(5-3-13)24-16(17,18)19/h2-6,8,11H,7,9-10H2,1H3. The van der Waals surface area contributed by atoms with Crippen molar-refractivity contribution in [1.82, 2.24) is 4.90 Å². The minimum atomic E-state index is -4.77. The van der Waals surface area contributed by atoms with E-state index in [0.29, 0.717) is 19.7 Å². The fraction of sp³-hybridized carbons (Fsp3) is 0.312. The van der Waals surface area contributed by atoms with Crippen molar-refractivity contribution in [1.29, 1.82) is 0 Å². The fourth-order valence-corrected chi connectivity index (χ4v) is 2.04. The third kappa shape index (κ3) is 5.31. The van der Waals surface area contributed by atoms with Gasteiger partial charge in [-0.15, -0.1) is 13.2 Å². The predicted octanol–water partition coefficient (Wildman–Crippen LogP) is 3.47. The molecule has 0 N–H and O–H groups in total. The molecule has 1 amide bonds. The van der Waals surface area contributed by atoms with E-state index in [1.54, 1.807) is 6.07 Å². The van der Waals surface area contributed by atoms with Gasteiger partial charge >= 0.3 is 6.36 Å². The molecule has 130 valence electrons. The third-order valence-electron chi connectivity index (χ3n) is 3.14. The summed E-state index contributed by atoms with van der Waals surface area (Å²) in [4.78, 5) is 14.1. The van der Waals surface area contributed by atoms with Gasteiger partial charge in [0.2, 0.25) is 0 Å². The second kappa shape index (κ2) is 7.87. The number of carbonyl (C=O) groups excluding carboxylic acids is 1. The lowest BCUT2D eigenvalue weighted by atomic mass is 10.1. The maximum atomic E-state index is 12.6. The van der Waals surface area contributed by atoms with Crippen molar-refractivity contribution < 1.29 is 31.9 Å². The average Bonchev–Trinajstić information content (AvgIpc) is 3.03. The summed E-state index contributed by atoms with van der Waals surface area (Å²) in [5.41, 5.74) is 1.06. The van der Waals surface area contributed by atoms with Crippen LogP contribution in [0, 0.1) is 0 Å². The number of benzene rings is 1. The Morgan fingerprint density at radius 3 is 2.46 bits per heavy atom. The van der Waals surface area contributed by atoms with Gasteiger partial charge in [0.25, 0.3) is 5.91 Å². The number of carbonyl (C=O) groups is 1. The maximum Gasteiger partial charge on any atom is 0.573 e. The first-order valence-corrected chi connectivity index (χ1v) is 7.04. The van der Waals surface area contributed by atoms with Crippen LogP contribution in [0.5, 0.6) is 5.75 Å². The molecule has 8 heteroatoms. The van der Waals surface area contributed by atoms with Gasteiger partial charge in [-0.1, -0.05) is 0 Å². The Morgan fingerprint density at radius 1 is 1.21 bits per heavy atom. The number of hydrogen-bond acceptors (Lipinski definition) is 4. The molecule has 0 saturated heterocycles. The normalized spacial score (nSPS) is 11.3. The van der Waals surface area contributed by atoms with Gasteiger partial charge in [0, 0.05) is 31.3 Å². The summed E-state index contributed by atoms with van der Waals surface area (Å²) < 4.78 is 50.2. The molecule has 2 aromatic rings. The molecule has 0 saturated carbocycles. The number of amides is 1. The fourth-order valence-electron chi connectivity index (χ4n) is 2.04. The van der Waals surface area contributed by atoms with E-state index in [-0.39, 0.29) is 17.2 Å². The number of hydrogen-bond donors (Lipinski definition) is 0. The Bertz CT molecular complexity index is 638. The zero-order chi connectivity index (χ0) is 17.6. The lowest BCUT2D eigenvalue weighted by Gasteiger charge is -2.22. The first kappa shape index (κ1) is 17.9. The van der Waals surface area contributed by atoms with Crippen LogP contribution in [0.1, 0.15) is 15.9 Å². The van der Waals surface area contributed by atoms with Gasteiger partial charge in [-0.05, 0) is 30.3 Å². The number of nitrogens with zero attached hydrogens (tertiary/aromatic N) is 1. The average molecular weight is 343 g/mol. The Balaban J connectivity index is 2.10. The van der Waals surface area contributed by atoms with Crippen LogP contribution in [0.4, 0.5) is 13.2 Å². The van der Waals surface area contributed by atoms with Crippen LogP contribution in [0.15, 0.2) is 47.3 Å². The summed E-state index contributed by atoms with van der Waals surface area (Å²) in [5, 5.41) is 0. The third-order valence-corrected chi connectivity index (χ3v) is 3.14. The molecule has 0 fully saturated rings. The van der Waals surface area contributed by atoms with Gasteiger partial charge in [0.05, 0.1) is 19.1 Å². The highest BCUT2D eigenvalue weighted by atomic mass is 19.4. The maximum absolute atomic E-state index is 12.6. The van der Waals surface area contributed by atoms with E-state index < -0.39 is 6.36 Å². The molecule has 2 rings (SSSR count). The lowest BCUT2D eigenvalue weighted by Crippen LogP contribution is -2.33. The van der Waals surface area contributed by atoms with Crippen LogP contribution in [0.25, 0.3) is 0 Å². The van der Waals surface area contributed by atoms with E-state index in [9.17, 15) is 18.0 Å². The number of rotatable bonds is 7. The van der Waals surface area contributed by atoms with Crippen LogP contribution in [-0.2, 0) is 11.3 Å². The molecular weight excluding hydrogens is 327 g/mol. The van der Waals surface area contributed by atoms with Crippen molar-refractivity contribution in [3.05, 3.63) is 54.0 Å². The minimum absolute atomic E-state index is 0.254. The zero-order valence-corrected chi connectivity index (χ0v) is 12.9. The van der Waals surface area contributed by atoms with Crippen molar-refractivity contribution in [2.75, 3.05) is 20.3 Å². The summed E-state index contributed by atoms with van der Waals surface area (Å²) >= 11 is 0. The topological polar surface area (TPSA) is 51.9 Å². The monoisotopic (exact) mass is 343 g/mol. The molecule has 0 bridgehead atoms. The molecule has 24 heavy (non-hydrogen) atoms. The van der Waals surface area contributed by atoms with Crippen molar-refractivity contribution in [2.24, 2.45) is 0 Å². The van der Waals surface area contributed by atoms with Crippen molar-refractivity contribution in [2.45, 2.75) is 12.9 Å². The Hall–Kier alpha value is -2.48. The molecule has 1 aromatic heterocycles. The van der Waals surface area contributed by atoms with Gasteiger partial charge < -0.3 is 18.8 Å². The first-order chi connectivity index (χ1) is 11.4. The summed E-state index contributed by atoms with van der Waals surface area (Å²) in [6.45, 7) is 0.972. The van der Waals surface area contributed by atoms with E-state index in [1.165, 1.54) is 36.7 Å². The van der Waals surface area contributed by atoms with E-state index in [0.717, 1.165) is 17.7 Å². The molecule has 0 radical (unpaired) electrons. The molecule has 1 heterocycles. The molecule has 1 aromatic carbocycles. The van der Waals surface area contributed by atoms with Crippen LogP contribution in [-0.4, -0.2) is 37.4 Å². The number of alkyl halides is 3. The molecule has 5 nitrogen and oxygen atoms in total. The SMILES string of the molecule is COCCN(Cc1ccoc1)C(=O)c1ccc(OC(F)(F)F)cc1. The smallest absolute Gasteiger partial charge is 0.472 e. The summed E-state index contributed by atoms with van der Waals surface area (Å²) in [6.07, 6.45) is -1.75. The van der Waals surface area contributed by atoms with Crippen LogP contribution >= 0.6 is 0 Å². The highest BCUT2D eigenvalue weighted by Gasteiger charge is 2.31. The van der Waals surface area contributed by atoms with Gasteiger partial charge in [-0.2, -0.15) is 0 Å². The highest BCUT2D eigenvalue weighted by Crippen LogP contribution is 2.23. The molecule has 0 aliphatic heterocycles. The molecule has 0 atom stereocenters. The number of methoxy groups -OCH3 is 1. The van der Waals surface area contributed by atoms with Gasteiger partial charge in [-0.25, -0.2) is 0 Å². The number of ether oxygens (including phenoxy) is 2. The second-order valence-electron chi connectivity index (χ2n) is 4.92. The van der Waals surface area contributed by atoms with E-state index in [2.05, 4.69) is 4.74 Å². The van der Waals surface area contributed by atoms with Gasteiger partial charge in [0.15, 0.2) is 0 Å². The largest absolute Gasteiger partial charge is 0.573 e. The summed E-state index contributed by atoms with van der Waals surface area (Å²) in [6, 6.07) is 6.52. The quantitative estimate of drug-likeness (QED) is 0.772. The number of halogens is 3. The van der Waals surface area contributed by atoms with Gasteiger partial charge in [0.1, 0.15) is 5.75 Å². The highest BCUT2D eigenvalue weighted by molar-refractivity contribution is 5.94. The van der Waals surface area contributed by atoms with Crippen LogP contribution in [0.3, 0.4) is 0 Å². The Morgan fingerprint density at radius 2 is 1.92 bits per heavy atom. The van der Waals surface area contributed by atoms with Crippen molar-refractivity contribution in [3.8, 4) is 5.75 Å². The molecule has 0 aliphatic carbocycles. The molecule has 0 unspecified atom stereocenters. The lowest BCUT2D eigenvalue weighted by molar-refractivity contribution is -0.274. The molecule has 0 spiro atoms. The van der Waals surface area contributed by atoms with E-state index in [1.807, 2.05) is 0 Å². The van der Waals surface area contributed by atoms with E-state index >= 15 is 0 Å². The summed E-state index contributed by atoms with van der Waals surface area (Å²) in [5.74, 6) is -0.705. The van der Waals surface area contributed by atoms with Crippen molar-refractivity contribution >= 4 is 5.91 Å². The van der Waals surface area contributed by atoms with Gasteiger partial charge in [-0.3, -0.25) is 4.79 Å².